The van der Waals surface area contributed by atoms with Crippen LogP contribution >= 0.6 is 0 Å². The van der Waals surface area contributed by atoms with E-state index < -0.39 is 0 Å². The van der Waals surface area contributed by atoms with Crippen molar-refractivity contribution in [1.29, 1.82) is 0 Å². The lowest BCUT2D eigenvalue weighted by Crippen LogP contribution is -2.48. The van der Waals surface area contributed by atoms with Gasteiger partial charge in [0.1, 0.15) is 0 Å². The Morgan fingerprint density at radius 2 is 1.53 bits per heavy atom. The minimum atomic E-state index is 0.646. The van der Waals surface area contributed by atoms with Crippen molar-refractivity contribution in [2.45, 2.75) is 37.8 Å². The molecule has 2 saturated heterocycles. The van der Waals surface area contributed by atoms with Gasteiger partial charge in [0.2, 0.25) is 0 Å². The van der Waals surface area contributed by atoms with Gasteiger partial charge in [-0.05, 0) is 58.9 Å². The molecule has 0 atom stereocenters. The highest BCUT2D eigenvalue weighted by molar-refractivity contribution is 4.83. The van der Waals surface area contributed by atoms with Gasteiger partial charge in [-0.1, -0.05) is 0 Å². The largest absolute Gasteiger partial charge is 0.306 e. The van der Waals surface area contributed by atoms with Crippen molar-refractivity contribution < 1.29 is 0 Å². The summed E-state index contributed by atoms with van der Waals surface area (Å²) in [7, 11) is 4.20. The topological polar surface area (TPSA) is 20.6 Å². The smallest absolute Gasteiger partial charge is 0.0267 e. The zero-order valence-corrected chi connectivity index (χ0v) is 10.2. The van der Waals surface area contributed by atoms with Crippen LogP contribution in [-0.2, 0) is 0 Å². The molecule has 0 unspecified atom stereocenters. The van der Waals surface area contributed by atoms with E-state index in [1.807, 2.05) is 7.05 Å². The molecule has 3 heteroatoms. The van der Waals surface area contributed by atoms with Crippen LogP contribution in [0, 0.1) is 0 Å². The summed E-state index contributed by atoms with van der Waals surface area (Å²) in [4.78, 5) is 5.15. The van der Waals surface area contributed by atoms with Crippen LogP contribution in [0.5, 0.6) is 0 Å². The van der Waals surface area contributed by atoms with Gasteiger partial charge in [-0.2, -0.15) is 0 Å². The second kappa shape index (κ2) is 5.28. The molecule has 0 aromatic heterocycles. The average molecular weight is 210 g/mol. The number of nitrogens with zero attached hydrogens (tertiary/aromatic N) is 3. The van der Waals surface area contributed by atoms with Crippen LogP contribution in [0.25, 0.3) is 0 Å². The molecule has 0 bridgehead atoms. The van der Waals surface area contributed by atoms with Crippen molar-refractivity contribution in [3.63, 3.8) is 0 Å². The van der Waals surface area contributed by atoms with Gasteiger partial charge >= 0.3 is 0 Å². The highest BCUT2D eigenvalue weighted by Crippen LogP contribution is 2.20. The molecule has 0 aromatic carbocycles. The number of hydrogen-bond acceptors (Lipinski definition) is 2. The monoisotopic (exact) mass is 210 g/mol. The molecule has 0 aromatic rings. The van der Waals surface area contributed by atoms with E-state index in [0.717, 1.165) is 6.04 Å². The minimum absolute atomic E-state index is 0.646. The average Bonchev–Trinajstić information content (AvgIpc) is 2.30. The maximum Gasteiger partial charge on any atom is 0.0267 e. The molecule has 15 heavy (non-hydrogen) atoms. The number of piperidine rings is 2. The molecule has 0 saturated carbocycles. The Balaban J connectivity index is 1.75. The summed E-state index contributed by atoms with van der Waals surface area (Å²) in [6, 6.07) is 1.51. The maximum absolute atomic E-state index is 4.40. The van der Waals surface area contributed by atoms with Crippen molar-refractivity contribution in [1.82, 2.24) is 15.1 Å². The van der Waals surface area contributed by atoms with E-state index in [0.29, 0.717) is 6.04 Å². The van der Waals surface area contributed by atoms with E-state index in [-0.39, 0.29) is 0 Å². The molecule has 0 spiro atoms. The summed E-state index contributed by atoms with van der Waals surface area (Å²) in [6.45, 7) is 5.11. The fraction of sp³-hybridized carbons (Fsp3) is 1.00. The number of hydrogen-bond donors (Lipinski definition) is 0. The lowest BCUT2D eigenvalue weighted by atomic mass is 9.98. The molecule has 2 aliphatic rings. The van der Waals surface area contributed by atoms with E-state index in [4.69, 9.17) is 0 Å². The van der Waals surface area contributed by atoms with Gasteiger partial charge in [0.25, 0.3) is 0 Å². The summed E-state index contributed by atoms with van der Waals surface area (Å²) in [5.41, 5.74) is 0. The third-order valence-corrected chi connectivity index (χ3v) is 4.07. The summed E-state index contributed by atoms with van der Waals surface area (Å²) in [5.74, 6) is 0. The Morgan fingerprint density at radius 1 is 0.933 bits per heavy atom. The Bertz CT molecular complexity index is 179. The Labute approximate surface area is 93.8 Å². The molecule has 2 heterocycles. The zero-order valence-electron chi connectivity index (χ0n) is 10.2. The van der Waals surface area contributed by atoms with Gasteiger partial charge in [0.15, 0.2) is 0 Å². The molecule has 2 aliphatic heterocycles. The van der Waals surface area contributed by atoms with Gasteiger partial charge in [-0.15, -0.1) is 0 Å². The Hall–Kier alpha value is -0.120. The highest BCUT2D eigenvalue weighted by Gasteiger charge is 2.26. The van der Waals surface area contributed by atoms with Gasteiger partial charge < -0.3 is 9.80 Å². The fourth-order valence-corrected chi connectivity index (χ4v) is 2.87. The first-order valence-corrected chi connectivity index (χ1v) is 6.31. The zero-order chi connectivity index (χ0) is 10.7. The van der Waals surface area contributed by atoms with Crippen LogP contribution in [0.2, 0.25) is 0 Å². The second-order valence-electron chi connectivity index (χ2n) is 5.06. The Kier molecular flexibility index (Phi) is 4.00. The SMILES string of the molecule is C[N]C1CCN(C2CCN(C)CC2)CC1. The predicted molar refractivity (Wildman–Crippen MR) is 63.2 cm³/mol. The van der Waals surface area contributed by atoms with Crippen molar-refractivity contribution in [3.05, 3.63) is 0 Å². The van der Waals surface area contributed by atoms with Gasteiger partial charge in [0.05, 0.1) is 0 Å². The molecule has 0 amide bonds. The Morgan fingerprint density at radius 3 is 2.07 bits per heavy atom. The van der Waals surface area contributed by atoms with Crippen molar-refractivity contribution in [2.24, 2.45) is 0 Å². The van der Waals surface area contributed by atoms with E-state index in [1.165, 1.54) is 51.9 Å². The van der Waals surface area contributed by atoms with Gasteiger partial charge in [0, 0.05) is 19.1 Å². The van der Waals surface area contributed by atoms with E-state index in [2.05, 4.69) is 22.2 Å². The highest BCUT2D eigenvalue weighted by atomic mass is 15.2. The van der Waals surface area contributed by atoms with Crippen LogP contribution in [-0.4, -0.2) is 62.2 Å². The molecular weight excluding hydrogens is 186 g/mol. The van der Waals surface area contributed by atoms with E-state index >= 15 is 0 Å². The molecule has 1 radical (unpaired) electrons. The normalized spacial score (nSPS) is 28.4. The fourth-order valence-electron chi connectivity index (χ4n) is 2.87. The quantitative estimate of drug-likeness (QED) is 0.671. The first-order chi connectivity index (χ1) is 7.29. The molecule has 0 N–H and O–H groups in total. The summed E-state index contributed by atoms with van der Waals surface area (Å²) in [5, 5.41) is 4.40. The maximum atomic E-state index is 4.40. The van der Waals surface area contributed by atoms with Gasteiger partial charge in [-0.25, -0.2) is 5.32 Å². The van der Waals surface area contributed by atoms with Crippen molar-refractivity contribution in [2.75, 3.05) is 40.3 Å². The van der Waals surface area contributed by atoms with E-state index in [1.54, 1.807) is 0 Å². The van der Waals surface area contributed by atoms with Crippen LogP contribution in [0.1, 0.15) is 25.7 Å². The van der Waals surface area contributed by atoms with Crippen LogP contribution < -0.4 is 5.32 Å². The number of likely N-dealkylation sites (tertiary alicyclic amines) is 2. The first-order valence-electron chi connectivity index (χ1n) is 6.31. The summed E-state index contributed by atoms with van der Waals surface area (Å²) >= 11 is 0. The standard InChI is InChI=1S/C12H24N3/c1-13-11-3-9-15(10-4-11)12-5-7-14(2)8-6-12/h11-12H,3-10H2,1-2H3. The summed E-state index contributed by atoms with van der Waals surface area (Å²) in [6.07, 6.45) is 5.29. The molecule has 2 rings (SSSR count). The predicted octanol–water partition coefficient (Wildman–Crippen LogP) is 0.779. The molecule has 2 fully saturated rings. The molecular formula is C12H24N3. The molecule has 0 aliphatic carbocycles. The van der Waals surface area contributed by atoms with Crippen molar-refractivity contribution in [3.8, 4) is 0 Å². The van der Waals surface area contributed by atoms with Crippen molar-refractivity contribution >= 4 is 0 Å². The lowest BCUT2D eigenvalue weighted by Gasteiger charge is -2.40. The van der Waals surface area contributed by atoms with Crippen LogP contribution in [0.15, 0.2) is 0 Å². The van der Waals surface area contributed by atoms with E-state index in [9.17, 15) is 0 Å². The van der Waals surface area contributed by atoms with Crippen LogP contribution in [0.4, 0.5) is 0 Å². The second-order valence-corrected chi connectivity index (χ2v) is 5.06. The van der Waals surface area contributed by atoms with Gasteiger partial charge in [-0.3, -0.25) is 0 Å². The molecule has 3 nitrogen and oxygen atoms in total. The molecule has 87 valence electrons. The third-order valence-electron chi connectivity index (χ3n) is 4.07. The first kappa shape index (κ1) is 11.4. The number of rotatable bonds is 2. The minimum Gasteiger partial charge on any atom is -0.306 e. The summed E-state index contributed by atoms with van der Waals surface area (Å²) < 4.78 is 0. The van der Waals surface area contributed by atoms with Crippen LogP contribution in [0.3, 0.4) is 0 Å². The third kappa shape index (κ3) is 2.92. The lowest BCUT2D eigenvalue weighted by molar-refractivity contribution is 0.0930.